The molecule has 0 N–H and O–H groups in total. The summed E-state index contributed by atoms with van der Waals surface area (Å²) in [5.41, 5.74) is 3.42. The van der Waals surface area contributed by atoms with Gasteiger partial charge in [-0.15, -0.1) is 0 Å². The average Bonchev–Trinajstić information content (AvgIpc) is 3.18. The maximum atomic E-state index is 13.3. The van der Waals surface area contributed by atoms with Crippen molar-refractivity contribution in [3.63, 3.8) is 0 Å². The van der Waals surface area contributed by atoms with Gasteiger partial charge < -0.3 is 9.80 Å². The van der Waals surface area contributed by atoms with E-state index in [1.807, 2.05) is 17.0 Å². The Hall–Kier alpha value is -2.86. The largest absolute Gasteiger partial charge is 0.353 e. The Morgan fingerprint density at radius 3 is 2.45 bits per heavy atom. The molecule has 162 valence electrons. The minimum atomic E-state index is -0.280. The molecule has 1 aromatic carbocycles. The van der Waals surface area contributed by atoms with Crippen LogP contribution in [0.5, 0.6) is 0 Å². The maximum absolute atomic E-state index is 13.3. The lowest BCUT2D eigenvalue weighted by atomic mass is 10.1. The number of hydrogen-bond donors (Lipinski definition) is 0. The zero-order chi connectivity index (χ0) is 22.0. The summed E-state index contributed by atoms with van der Waals surface area (Å²) in [5.74, 6) is 0.859. The van der Waals surface area contributed by atoms with Gasteiger partial charge >= 0.3 is 0 Å². The van der Waals surface area contributed by atoms with Gasteiger partial charge in [0.2, 0.25) is 5.91 Å². The molecule has 0 radical (unpaired) electrons. The summed E-state index contributed by atoms with van der Waals surface area (Å²) in [5, 5.41) is 4.66. The van der Waals surface area contributed by atoms with Crippen LogP contribution in [0.15, 0.2) is 42.7 Å². The van der Waals surface area contributed by atoms with Crippen LogP contribution in [-0.2, 0) is 11.3 Å². The first-order chi connectivity index (χ1) is 14.9. The fourth-order valence-corrected chi connectivity index (χ4v) is 3.95. The molecule has 0 bridgehead atoms. The Bertz CT molecular complexity index is 1060. The van der Waals surface area contributed by atoms with Gasteiger partial charge in [-0.2, -0.15) is 5.10 Å². The van der Waals surface area contributed by atoms with Gasteiger partial charge in [-0.3, -0.25) is 9.48 Å². The van der Waals surface area contributed by atoms with Crippen LogP contribution in [0.4, 0.5) is 10.2 Å². The number of piperazine rings is 1. The van der Waals surface area contributed by atoms with Crippen LogP contribution >= 0.6 is 9.24 Å². The van der Waals surface area contributed by atoms with Crippen molar-refractivity contribution >= 4 is 26.4 Å². The molecule has 7 nitrogen and oxygen atoms in total. The molecule has 0 saturated carbocycles. The Morgan fingerprint density at radius 1 is 1.10 bits per heavy atom. The van der Waals surface area contributed by atoms with E-state index in [1.165, 1.54) is 12.1 Å². The zero-order valence-electron chi connectivity index (χ0n) is 17.7. The summed E-state index contributed by atoms with van der Waals surface area (Å²) >= 11 is 0. The molecule has 4 rings (SSSR count). The van der Waals surface area contributed by atoms with Crippen molar-refractivity contribution in [1.82, 2.24) is 24.6 Å². The van der Waals surface area contributed by atoms with E-state index in [-0.39, 0.29) is 24.2 Å². The van der Waals surface area contributed by atoms with Crippen LogP contribution in [0.25, 0.3) is 11.3 Å². The number of carbonyl (C=O) groups is 1. The number of benzene rings is 1. The Kier molecular flexibility index (Phi) is 6.28. The predicted octanol–water partition coefficient (Wildman–Crippen LogP) is 2.45. The van der Waals surface area contributed by atoms with Gasteiger partial charge in [0.15, 0.2) is 0 Å². The van der Waals surface area contributed by atoms with Gasteiger partial charge in [0.1, 0.15) is 24.5 Å². The summed E-state index contributed by atoms with van der Waals surface area (Å²) in [7, 11) is 2.58. The highest BCUT2D eigenvalue weighted by Gasteiger charge is 2.24. The smallest absolute Gasteiger partial charge is 0.244 e. The Morgan fingerprint density at radius 2 is 1.81 bits per heavy atom. The van der Waals surface area contributed by atoms with Crippen molar-refractivity contribution in [2.75, 3.05) is 31.1 Å². The maximum Gasteiger partial charge on any atom is 0.244 e. The van der Waals surface area contributed by atoms with Crippen LogP contribution in [0, 0.1) is 5.82 Å². The molecule has 1 saturated heterocycles. The van der Waals surface area contributed by atoms with Crippen molar-refractivity contribution in [3.8, 4) is 11.3 Å². The fraction of sp³-hybridized carbons (Fsp3) is 0.364. The van der Waals surface area contributed by atoms with E-state index in [1.54, 1.807) is 23.1 Å². The van der Waals surface area contributed by atoms with Gasteiger partial charge in [-0.1, -0.05) is 23.1 Å². The van der Waals surface area contributed by atoms with E-state index in [9.17, 15) is 9.18 Å². The molecule has 0 aliphatic carbocycles. The fourth-order valence-electron chi connectivity index (χ4n) is 3.73. The molecule has 1 aliphatic heterocycles. The molecule has 1 fully saturated rings. The topological polar surface area (TPSA) is 67.2 Å². The minimum absolute atomic E-state index is 0.0460. The molecule has 9 heteroatoms. The predicted molar refractivity (Wildman–Crippen MR) is 122 cm³/mol. The highest BCUT2D eigenvalue weighted by molar-refractivity contribution is 7.26. The summed E-state index contributed by atoms with van der Waals surface area (Å²) in [4.78, 5) is 25.5. The van der Waals surface area contributed by atoms with Crippen molar-refractivity contribution in [1.29, 1.82) is 0 Å². The van der Waals surface area contributed by atoms with Crippen LogP contribution in [-0.4, -0.2) is 56.7 Å². The second-order valence-corrected chi connectivity index (χ2v) is 8.53. The normalized spacial score (nSPS) is 14.4. The number of halogens is 1. The number of hydrogen-bond acceptors (Lipinski definition) is 5. The second-order valence-electron chi connectivity index (χ2n) is 7.94. The first kappa shape index (κ1) is 21.4. The van der Waals surface area contributed by atoms with Crippen LogP contribution < -0.4 is 10.3 Å². The molecule has 0 spiro atoms. The average molecular weight is 440 g/mol. The second kappa shape index (κ2) is 9.10. The molecule has 1 unspecified atom stereocenters. The van der Waals surface area contributed by atoms with E-state index in [2.05, 4.69) is 43.1 Å². The highest BCUT2D eigenvalue weighted by Crippen LogP contribution is 2.24. The standard InChI is InChI=1S/C22H26FN6OP/c1-15(2)19-11-18(16-3-5-17(23)6-4-16)26-29(19)13-22(30)28-9-7-27(8-10-28)20-12-21(31)25-14-24-20/h3-6,11-12,14-15H,7-10,13,31H2,1-2H3. The van der Waals surface area contributed by atoms with Gasteiger partial charge in [-0.05, 0) is 36.2 Å². The number of rotatable bonds is 5. The number of aromatic nitrogens is 4. The lowest BCUT2D eigenvalue weighted by molar-refractivity contribution is -0.132. The minimum Gasteiger partial charge on any atom is -0.353 e. The Balaban J connectivity index is 1.44. The highest BCUT2D eigenvalue weighted by atomic mass is 31.0. The van der Waals surface area contributed by atoms with Crippen LogP contribution in [0.1, 0.15) is 25.5 Å². The van der Waals surface area contributed by atoms with E-state index in [0.29, 0.717) is 13.1 Å². The molecule has 3 aromatic rings. The summed E-state index contributed by atoms with van der Waals surface area (Å²) in [6, 6.07) is 10.2. The van der Waals surface area contributed by atoms with E-state index < -0.39 is 0 Å². The zero-order valence-corrected chi connectivity index (χ0v) is 18.9. The van der Waals surface area contributed by atoms with E-state index in [0.717, 1.165) is 41.3 Å². The van der Waals surface area contributed by atoms with E-state index in [4.69, 9.17) is 0 Å². The third-order valence-electron chi connectivity index (χ3n) is 5.46. The van der Waals surface area contributed by atoms with Crippen molar-refractivity contribution in [3.05, 3.63) is 54.2 Å². The Labute approximate surface area is 183 Å². The molecule has 1 amide bonds. The first-order valence-corrected chi connectivity index (χ1v) is 10.9. The summed E-state index contributed by atoms with van der Waals surface area (Å²) < 4.78 is 15.0. The third kappa shape index (κ3) is 4.90. The number of anilines is 1. The third-order valence-corrected chi connectivity index (χ3v) is 5.77. The van der Waals surface area contributed by atoms with E-state index >= 15 is 0 Å². The SMILES string of the molecule is CC(C)c1cc(-c2ccc(F)cc2)nn1CC(=O)N1CCN(c2cc(P)ncn2)CC1. The van der Waals surface area contributed by atoms with Gasteiger partial charge in [0.25, 0.3) is 0 Å². The molecular weight excluding hydrogens is 414 g/mol. The summed E-state index contributed by atoms with van der Waals surface area (Å²) in [6.45, 7) is 7.07. The van der Waals surface area contributed by atoms with Crippen molar-refractivity contribution < 1.29 is 9.18 Å². The monoisotopic (exact) mass is 440 g/mol. The molecule has 2 aromatic heterocycles. The molecule has 31 heavy (non-hydrogen) atoms. The molecule has 1 atom stereocenters. The lowest BCUT2D eigenvalue weighted by Gasteiger charge is -2.35. The summed E-state index contributed by atoms with van der Waals surface area (Å²) in [6.07, 6.45) is 1.55. The lowest BCUT2D eigenvalue weighted by Crippen LogP contribution is -2.50. The molecular formula is C22H26FN6OP. The number of amides is 1. The molecule has 1 aliphatic rings. The molecule has 3 heterocycles. The van der Waals surface area contributed by atoms with Crippen molar-refractivity contribution in [2.24, 2.45) is 0 Å². The van der Waals surface area contributed by atoms with Gasteiger partial charge in [-0.25, -0.2) is 14.4 Å². The quantitative estimate of drug-likeness (QED) is 0.571. The number of nitrogens with zero attached hydrogens (tertiary/aromatic N) is 6. The van der Waals surface area contributed by atoms with Crippen molar-refractivity contribution in [2.45, 2.75) is 26.3 Å². The van der Waals surface area contributed by atoms with Crippen LogP contribution in [0.2, 0.25) is 0 Å². The van der Waals surface area contributed by atoms with Gasteiger partial charge in [0.05, 0.1) is 11.1 Å². The first-order valence-electron chi connectivity index (χ1n) is 10.3. The van der Waals surface area contributed by atoms with Gasteiger partial charge in [0, 0.05) is 43.5 Å². The van der Waals surface area contributed by atoms with Crippen LogP contribution in [0.3, 0.4) is 0 Å². The number of carbonyl (C=O) groups excluding carboxylic acids is 1.